The molecule has 0 bridgehead atoms. The molecule has 1 aliphatic rings. The van der Waals surface area contributed by atoms with E-state index in [1.807, 2.05) is 6.07 Å². The zero-order chi connectivity index (χ0) is 14.5. The number of carbonyl (C=O) groups excluding carboxylic acids is 1. The second kappa shape index (κ2) is 7.11. The molecule has 1 aromatic rings. The number of nitrogens with one attached hydrogen (secondary N) is 1. The van der Waals surface area contributed by atoms with Crippen LogP contribution in [-0.2, 0) is 0 Å². The smallest absolute Gasteiger partial charge is 0.253 e. The highest BCUT2D eigenvalue weighted by molar-refractivity contribution is 9.10. The minimum atomic E-state index is -0.0487. The maximum Gasteiger partial charge on any atom is 0.253 e. The van der Waals surface area contributed by atoms with Gasteiger partial charge in [-0.05, 0) is 43.4 Å². The molecule has 1 amide bonds. The van der Waals surface area contributed by atoms with Crippen molar-refractivity contribution in [1.29, 1.82) is 0 Å². The standard InChI is InChI=1S/C16H23BrN2O/c1-2-15(11-6-4-3-5-7-11)19-16(20)13-9-8-12(17)10-14(13)18/h8-11,15H,2-7,18H2,1H3,(H,19,20). The van der Waals surface area contributed by atoms with Gasteiger partial charge in [-0.2, -0.15) is 0 Å². The number of hydrogen-bond donors (Lipinski definition) is 2. The Kier molecular flexibility index (Phi) is 5.46. The largest absolute Gasteiger partial charge is 0.398 e. The predicted molar refractivity (Wildman–Crippen MR) is 86.7 cm³/mol. The van der Waals surface area contributed by atoms with E-state index in [2.05, 4.69) is 28.2 Å². The van der Waals surface area contributed by atoms with Crippen molar-refractivity contribution < 1.29 is 4.79 Å². The van der Waals surface area contributed by atoms with Gasteiger partial charge in [0.2, 0.25) is 0 Å². The first-order valence-corrected chi connectivity index (χ1v) is 8.27. The number of carbonyl (C=O) groups is 1. The fourth-order valence-electron chi connectivity index (χ4n) is 3.08. The zero-order valence-electron chi connectivity index (χ0n) is 12.0. The van der Waals surface area contributed by atoms with Crippen LogP contribution in [-0.4, -0.2) is 11.9 Å². The molecule has 3 nitrogen and oxygen atoms in total. The van der Waals surface area contributed by atoms with Gasteiger partial charge in [0.25, 0.3) is 5.91 Å². The minimum absolute atomic E-state index is 0.0487. The molecule has 1 aromatic carbocycles. The van der Waals surface area contributed by atoms with Crippen molar-refractivity contribution in [2.75, 3.05) is 5.73 Å². The Morgan fingerprint density at radius 1 is 1.40 bits per heavy atom. The summed E-state index contributed by atoms with van der Waals surface area (Å²) in [7, 11) is 0. The summed E-state index contributed by atoms with van der Waals surface area (Å²) < 4.78 is 0.894. The van der Waals surface area contributed by atoms with E-state index in [1.165, 1.54) is 32.1 Å². The normalized spacial score (nSPS) is 17.7. The molecule has 0 saturated heterocycles. The molecule has 1 unspecified atom stereocenters. The molecular formula is C16H23BrN2O. The van der Waals surface area contributed by atoms with Crippen molar-refractivity contribution >= 4 is 27.5 Å². The summed E-state index contributed by atoms with van der Waals surface area (Å²) in [6.45, 7) is 2.14. The van der Waals surface area contributed by atoms with Crippen molar-refractivity contribution in [2.24, 2.45) is 5.92 Å². The predicted octanol–water partition coefficient (Wildman–Crippen LogP) is 4.12. The van der Waals surface area contributed by atoms with Gasteiger partial charge in [0.15, 0.2) is 0 Å². The van der Waals surface area contributed by atoms with Crippen LogP contribution in [0.5, 0.6) is 0 Å². The van der Waals surface area contributed by atoms with E-state index in [0.717, 1.165) is 10.9 Å². The van der Waals surface area contributed by atoms with E-state index in [1.54, 1.807) is 12.1 Å². The van der Waals surface area contributed by atoms with Gasteiger partial charge in [-0.3, -0.25) is 4.79 Å². The molecule has 2 rings (SSSR count). The van der Waals surface area contributed by atoms with Gasteiger partial charge in [0, 0.05) is 16.2 Å². The van der Waals surface area contributed by atoms with Crippen molar-refractivity contribution in [2.45, 2.75) is 51.5 Å². The Morgan fingerprint density at radius 2 is 2.10 bits per heavy atom. The van der Waals surface area contributed by atoms with Gasteiger partial charge < -0.3 is 11.1 Å². The van der Waals surface area contributed by atoms with Crippen molar-refractivity contribution in [3.8, 4) is 0 Å². The number of nitrogens with two attached hydrogens (primary N) is 1. The number of anilines is 1. The van der Waals surface area contributed by atoms with E-state index < -0.39 is 0 Å². The topological polar surface area (TPSA) is 55.1 Å². The van der Waals surface area contributed by atoms with Crippen LogP contribution in [0.3, 0.4) is 0 Å². The number of halogens is 1. The van der Waals surface area contributed by atoms with Gasteiger partial charge in [0.1, 0.15) is 0 Å². The molecule has 3 N–H and O–H groups in total. The Bertz CT molecular complexity index is 470. The van der Waals surface area contributed by atoms with E-state index >= 15 is 0 Å². The maximum atomic E-state index is 12.4. The summed E-state index contributed by atoms with van der Waals surface area (Å²) in [4.78, 5) is 12.4. The summed E-state index contributed by atoms with van der Waals surface area (Å²) in [5, 5.41) is 3.18. The van der Waals surface area contributed by atoms with Gasteiger partial charge in [-0.15, -0.1) is 0 Å². The molecule has 110 valence electrons. The van der Waals surface area contributed by atoms with Crippen LogP contribution in [0, 0.1) is 5.92 Å². The summed E-state index contributed by atoms with van der Waals surface area (Å²) in [6, 6.07) is 5.68. The molecule has 0 radical (unpaired) electrons. The average molecular weight is 339 g/mol. The molecule has 1 atom stereocenters. The number of nitrogen functional groups attached to an aromatic ring is 1. The first kappa shape index (κ1) is 15.4. The van der Waals surface area contributed by atoms with E-state index in [4.69, 9.17) is 5.73 Å². The third kappa shape index (κ3) is 3.75. The lowest BCUT2D eigenvalue weighted by molar-refractivity contribution is 0.0912. The van der Waals surface area contributed by atoms with Crippen LogP contribution in [0.4, 0.5) is 5.69 Å². The lowest BCUT2D eigenvalue weighted by Crippen LogP contribution is -2.40. The van der Waals surface area contributed by atoms with Gasteiger partial charge in [-0.1, -0.05) is 42.1 Å². The molecule has 0 aromatic heterocycles. The van der Waals surface area contributed by atoms with Crippen molar-refractivity contribution in [3.63, 3.8) is 0 Å². The highest BCUT2D eigenvalue weighted by Gasteiger charge is 2.24. The Morgan fingerprint density at radius 3 is 2.70 bits per heavy atom. The second-order valence-electron chi connectivity index (χ2n) is 5.62. The lowest BCUT2D eigenvalue weighted by atomic mass is 9.83. The van der Waals surface area contributed by atoms with Gasteiger partial charge >= 0.3 is 0 Å². The quantitative estimate of drug-likeness (QED) is 0.811. The van der Waals surface area contributed by atoms with Crippen LogP contribution < -0.4 is 11.1 Å². The van der Waals surface area contributed by atoms with Gasteiger partial charge in [0.05, 0.1) is 5.56 Å². The summed E-state index contributed by atoms with van der Waals surface area (Å²) >= 11 is 3.36. The first-order chi connectivity index (χ1) is 9.61. The van der Waals surface area contributed by atoms with Gasteiger partial charge in [-0.25, -0.2) is 0 Å². The summed E-state index contributed by atoms with van der Waals surface area (Å²) in [5.41, 5.74) is 7.02. The average Bonchev–Trinajstić information content (AvgIpc) is 2.45. The first-order valence-electron chi connectivity index (χ1n) is 7.47. The van der Waals surface area contributed by atoms with E-state index in [-0.39, 0.29) is 11.9 Å². The maximum absolute atomic E-state index is 12.4. The Hall–Kier alpha value is -1.03. The number of rotatable bonds is 4. The van der Waals surface area contributed by atoms with Crippen LogP contribution in [0.25, 0.3) is 0 Å². The minimum Gasteiger partial charge on any atom is -0.398 e. The fraction of sp³-hybridized carbons (Fsp3) is 0.562. The van der Waals surface area contributed by atoms with Crippen LogP contribution >= 0.6 is 15.9 Å². The van der Waals surface area contributed by atoms with Crippen LogP contribution in [0.2, 0.25) is 0 Å². The van der Waals surface area contributed by atoms with Crippen LogP contribution in [0.1, 0.15) is 55.8 Å². The second-order valence-corrected chi connectivity index (χ2v) is 6.53. The zero-order valence-corrected chi connectivity index (χ0v) is 13.6. The molecule has 0 spiro atoms. The number of benzene rings is 1. The van der Waals surface area contributed by atoms with Crippen LogP contribution in [0.15, 0.2) is 22.7 Å². The molecule has 20 heavy (non-hydrogen) atoms. The highest BCUT2D eigenvalue weighted by atomic mass is 79.9. The monoisotopic (exact) mass is 338 g/mol. The van der Waals surface area contributed by atoms with E-state index in [9.17, 15) is 4.79 Å². The molecule has 1 aliphatic carbocycles. The molecular weight excluding hydrogens is 316 g/mol. The molecule has 4 heteroatoms. The third-order valence-electron chi connectivity index (χ3n) is 4.23. The SMILES string of the molecule is CCC(NC(=O)c1ccc(Br)cc1N)C1CCCCC1. The van der Waals surface area contributed by atoms with Crippen molar-refractivity contribution in [1.82, 2.24) is 5.32 Å². The summed E-state index contributed by atoms with van der Waals surface area (Å²) in [6.07, 6.45) is 7.35. The Balaban J connectivity index is 2.04. The Labute approximate surface area is 129 Å². The summed E-state index contributed by atoms with van der Waals surface area (Å²) in [5.74, 6) is 0.571. The van der Waals surface area contributed by atoms with E-state index in [0.29, 0.717) is 17.2 Å². The molecule has 1 fully saturated rings. The highest BCUT2D eigenvalue weighted by Crippen LogP contribution is 2.28. The lowest BCUT2D eigenvalue weighted by Gasteiger charge is -2.30. The molecule has 0 heterocycles. The number of hydrogen-bond acceptors (Lipinski definition) is 2. The molecule has 1 saturated carbocycles. The fourth-order valence-corrected chi connectivity index (χ4v) is 3.46. The third-order valence-corrected chi connectivity index (χ3v) is 4.73. The number of amides is 1. The molecule has 0 aliphatic heterocycles. The van der Waals surface area contributed by atoms with Crippen molar-refractivity contribution in [3.05, 3.63) is 28.2 Å².